The van der Waals surface area contributed by atoms with E-state index >= 15 is 0 Å². The van der Waals surface area contributed by atoms with E-state index in [9.17, 15) is 10.2 Å². The molecule has 8 nitrogen and oxygen atoms in total. The number of aliphatic hydroxyl groups excluding tert-OH is 2. The average molecular weight is 390 g/mol. The van der Waals surface area contributed by atoms with E-state index in [0.717, 1.165) is 34.3 Å². The van der Waals surface area contributed by atoms with Gasteiger partial charge in [0.1, 0.15) is 35.6 Å². The smallest absolute Gasteiger partial charge is 0.146 e. The number of nitrogen functional groups attached to an aromatic ring is 1. The molecule has 4 N–H and O–H groups in total. The quantitative estimate of drug-likeness (QED) is 0.458. The van der Waals surface area contributed by atoms with Crippen LogP contribution in [0, 0.1) is 6.92 Å². The van der Waals surface area contributed by atoms with Crippen molar-refractivity contribution in [3.8, 4) is 0 Å². The van der Waals surface area contributed by atoms with E-state index in [1.54, 1.807) is 0 Å². The van der Waals surface area contributed by atoms with Gasteiger partial charge in [0.25, 0.3) is 0 Å². The fraction of sp³-hybridized carbons (Fsp3) is 0.286. The molecule has 0 saturated heterocycles. The van der Waals surface area contributed by atoms with Crippen molar-refractivity contribution in [2.75, 3.05) is 5.73 Å². The molecule has 29 heavy (non-hydrogen) atoms. The maximum absolute atomic E-state index is 10.7. The van der Waals surface area contributed by atoms with E-state index in [1.807, 2.05) is 46.6 Å². The number of nitrogens with zero attached hydrogens (tertiary/aromatic N) is 5. The minimum Gasteiger partial charge on any atom is -0.388 e. The predicted octanol–water partition coefficient (Wildman–Crippen LogP) is 1.81. The van der Waals surface area contributed by atoms with Crippen molar-refractivity contribution in [2.45, 2.75) is 38.0 Å². The molecular weight excluding hydrogens is 368 g/mol. The van der Waals surface area contributed by atoms with Crippen LogP contribution in [0.3, 0.4) is 0 Å². The number of pyridine rings is 1. The third kappa shape index (κ3) is 2.88. The van der Waals surface area contributed by atoms with Gasteiger partial charge in [-0.05, 0) is 49.1 Å². The SMILES string of the molecule is Cc1cnc2cc(CCC3=C[C@@H](n4ccc5c(N)ncnc54)[C@H](O)[C@@H]3O)ccn12. The third-order valence-corrected chi connectivity index (χ3v) is 5.76. The number of anilines is 1. The minimum absolute atomic E-state index is 0.399. The zero-order valence-corrected chi connectivity index (χ0v) is 16.0. The summed E-state index contributed by atoms with van der Waals surface area (Å²) in [5, 5.41) is 22.0. The summed E-state index contributed by atoms with van der Waals surface area (Å²) >= 11 is 0. The van der Waals surface area contributed by atoms with Crippen LogP contribution in [0.1, 0.15) is 23.7 Å². The summed E-state index contributed by atoms with van der Waals surface area (Å²) in [5.41, 5.74) is 10.5. The molecule has 0 unspecified atom stereocenters. The van der Waals surface area contributed by atoms with Crippen LogP contribution < -0.4 is 5.73 Å². The maximum Gasteiger partial charge on any atom is 0.146 e. The lowest BCUT2D eigenvalue weighted by Crippen LogP contribution is -2.29. The lowest BCUT2D eigenvalue weighted by molar-refractivity contribution is 0.0317. The zero-order chi connectivity index (χ0) is 20.1. The lowest BCUT2D eigenvalue weighted by Gasteiger charge is -2.19. The highest BCUT2D eigenvalue weighted by molar-refractivity contribution is 5.86. The number of imidazole rings is 1. The largest absolute Gasteiger partial charge is 0.388 e. The Hall–Kier alpha value is -3.23. The van der Waals surface area contributed by atoms with Crippen molar-refractivity contribution in [2.24, 2.45) is 0 Å². The highest BCUT2D eigenvalue weighted by Gasteiger charge is 2.36. The maximum atomic E-state index is 10.7. The molecule has 0 saturated carbocycles. The molecule has 0 radical (unpaired) electrons. The van der Waals surface area contributed by atoms with Crippen molar-refractivity contribution in [1.29, 1.82) is 0 Å². The van der Waals surface area contributed by atoms with Crippen LogP contribution in [0.5, 0.6) is 0 Å². The number of aliphatic hydroxyl groups is 2. The van der Waals surface area contributed by atoms with E-state index in [4.69, 9.17) is 5.73 Å². The second-order valence-corrected chi connectivity index (χ2v) is 7.55. The van der Waals surface area contributed by atoms with E-state index in [-0.39, 0.29) is 0 Å². The first-order valence-electron chi connectivity index (χ1n) is 9.59. The fourth-order valence-electron chi connectivity index (χ4n) is 4.12. The molecule has 0 bridgehead atoms. The van der Waals surface area contributed by atoms with Crippen LogP contribution >= 0.6 is 0 Å². The van der Waals surface area contributed by atoms with Gasteiger partial charge in [-0.1, -0.05) is 6.08 Å². The average Bonchev–Trinajstić information content (AvgIpc) is 3.39. The Morgan fingerprint density at radius 2 is 1.97 bits per heavy atom. The molecule has 5 rings (SSSR count). The van der Waals surface area contributed by atoms with Gasteiger partial charge in [-0.2, -0.15) is 0 Å². The number of nitrogens with two attached hydrogens (primary N) is 1. The highest BCUT2D eigenvalue weighted by Crippen LogP contribution is 2.34. The molecule has 4 aromatic heterocycles. The normalized spacial score (nSPS) is 21.9. The minimum atomic E-state index is -0.936. The Labute approximate surface area is 167 Å². The van der Waals surface area contributed by atoms with Crippen LogP contribution in [-0.2, 0) is 6.42 Å². The Morgan fingerprint density at radius 3 is 2.83 bits per heavy atom. The van der Waals surface area contributed by atoms with Gasteiger partial charge in [-0.3, -0.25) is 0 Å². The summed E-state index contributed by atoms with van der Waals surface area (Å²) in [4.78, 5) is 12.7. The number of hydrogen-bond acceptors (Lipinski definition) is 6. The van der Waals surface area contributed by atoms with Gasteiger partial charge in [0, 0.05) is 24.3 Å². The Kier molecular flexibility index (Phi) is 4.11. The van der Waals surface area contributed by atoms with Crippen LogP contribution in [0.4, 0.5) is 5.82 Å². The Bertz CT molecular complexity index is 1240. The van der Waals surface area contributed by atoms with Gasteiger partial charge in [-0.25, -0.2) is 15.0 Å². The van der Waals surface area contributed by atoms with Gasteiger partial charge < -0.3 is 24.9 Å². The monoisotopic (exact) mass is 390 g/mol. The van der Waals surface area contributed by atoms with Crippen molar-refractivity contribution in [3.63, 3.8) is 0 Å². The second kappa shape index (κ2) is 6.68. The van der Waals surface area contributed by atoms with Gasteiger partial charge in [-0.15, -0.1) is 0 Å². The molecule has 1 aliphatic rings. The molecule has 8 heteroatoms. The van der Waals surface area contributed by atoms with Crippen LogP contribution in [-0.4, -0.2) is 46.3 Å². The van der Waals surface area contributed by atoms with Crippen molar-refractivity contribution < 1.29 is 10.2 Å². The van der Waals surface area contributed by atoms with Crippen LogP contribution in [0.15, 0.2) is 54.8 Å². The number of aromatic nitrogens is 5. The van der Waals surface area contributed by atoms with Crippen LogP contribution in [0.2, 0.25) is 0 Å². The van der Waals surface area contributed by atoms with Gasteiger partial charge >= 0.3 is 0 Å². The summed E-state index contributed by atoms with van der Waals surface area (Å²) in [6, 6.07) is 5.56. The van der Waals surface area contributed by atoms with Gasteiger partial charge in [0.2, 0.25) is 0 Å². The molecule has 148 valence electrons. The number of fused-ring (bicyclic) bond motifs is 2. The summed E-state index contributed by atoms with van der Waals surface area (Å²) < 4.78 is 3.88. The molecule has 4 aromatic rings. The highest BCUT2D eigenvalue weighted by atomic mass is 16.3. The summed E-state index contributed by atoms with van der Waals surface area (Å²) in [7, 11) is 0. The first-order valence-corrected chi connectivity index (χ1v) is 9.59. The number of rotatable bonds is 4. The van der Waals surface area contributed by atoms with Crippen molar-refractivity contribution in [3.05, 3.63) is 66.0 Å². The summed E-state index contributed by atoms with van der Waals surface area (Å²) in [5.74, 6) is 0.399. The van der Waals surface area contributed by atoms with Gasteiger partial charge in [0.05, 0.1) is 11.4 Å². The Morgan fingerprint density at radius 1 is 1.10 bits per heavy atom. The van der Waals surface area contributed by atoms with Crippen LogP contribution in [0.25, 0.3) is 16.7 Å². The molecule has 0 aromatic carbocycles. The molecular formula is C21H22N6O2. The standard InChI is InChI=1S/C21H22N6O2/c1-12-10-23-17-8-13(4-6-26(12)17)2-3-14-9-16(19(29)18(14)28)27-7-5-15-20(22)24-11-25-21(15)27/h4-11,16,18-19,28-29H,2-3H2,1H3,(H2,22,24,25)/t16-,18-,19+/m1/s1. The second-order valence-electron chi connectivity index (χ2n) is 7.55. The topological polar surface area (TPSA) is 114 Å². The molecule has 0 fully saturated rings. The van der Waals surface area contributed by atoms with Crippen molar-refractivity contribution >= 4 is 22.5 Å². The zero-order valence-electron chi connectivity index (χ0n) is 16.0. The molecule has 4 heterocycles. The van der Waals surface area contributed by atoms with Crippen molar-refractivity contribution in [1.82, 2.24) is 23.9 Å². The number of aryl methyl sites for hydroxylation is 2. The molecule has 0 amide bonds. The van der Waals surface area contributed by atoms with E-state index in [2.05, 4.69) is 27.1 Å². The van der Waals surface area contributed by atoms with E-state index in [1.165, 1.54) is 6.33 Å². The first-order chi connectivity index (χ1) is 14.0. The fourth-order valence-corrected chi connectivity index (χ4v) is 4.12. The van der Waals surface area contributed by atoms with E-state index in [0.29, 0.717) is 17.9 Å². The summed E-state index contributed by atoms with van der Waals surface area (Å²) in [6.45, 7) is 2.02. The molecule has 0 spiro atoms. The Balaban J connectivity index is 1.40. The molecule has 1 aliphatic carbocycles. The van der Waals surface area contributed by atoms with E-state index < -0.39 is 18.2 Å². The first kappa shape index (κ1) is 17.8. The molecule has 3 atom stereocenters. The predicted molar refractivity (Wildman–Crippen MR) is 109 cm³/mol. The number of hydrogen-bond donors (Lipinski definition) is 3. The molecule has 0 aliphatic heterocycles. The third-order valence-electron chi connectivity index (χ3n) is 5.76. The lowest BCUT2D eigenvalue weighted by atomic mass is 10.0. The summed E-state index contributed by atoms with van der Waals surface area (Å²) in [6.07, 6.45) is 8.59. The van der Waals surface area contributed by atoms with Gasteiger partial charge in [0.15, 0.2) is 0 Å².